The summed E-state index contributed by atoms with van der Waals surface area (Å²) in [5.41, 5.74) is 8.33. The smallest absolute Gasteiger partial charge is 0.0629 e. The van der Waals surface area contributed by atoms with Crippen molar-refractivity contribution in [2.75, 3.05) is 11.1 Å². The van der Waals surface area contributed by atoms with Crippen molar-refractivity contribution in [3.8, 4) is 0 Å². The summed E-state index contributed by atoms with van der Waals surface area (Å²) in [4.78, 5) is 0. The molecule has 3 N–H and O–H groups in total. The summed E-state index contributed by atoms with van der Waals surface area (Å²) in [6.07, 6.45) is 0. The third-order valence-corrected chi connectivity index (χ3v) is 2.85. The molecule has 82 valence electrons. The highest BCUT2D eigenvalue weighted by atomic mass is 79.9. The number of nitrogen functional groups attached to an aromatic ring is 1. The highest BCUT2D eigenvalue weighted by Gasteiger charge is 2.00. The Bertz CT molecular complexity index is 514. The van der Waals surface area contributed by atoms with Crippen LogP contribution in [-0.4, -0.2) is 0 Å². The Morgan fingerprint density at radius 1 is 1.12 bits per heavy atom. The largest absolute Gasteiger partial charge is 0.397 e. The van der Waals surface area contributed by atoms with E-state index in [1.165, 1.54) is 0 Å². The van der Waals surface area contributed by atoms with Crippen LogP contribution in [0.3, 0.4) is 0 Å². The molecule has 0 radical (unpaired) electrons. The van der Waals surface area contributed by atoms with E-state index in [0.717, 1.165) is 15.8 Å². The topological polar surface area (TPSA) is 38.0 Å². The van der Waals surface area contributed by atoms with E-state index in [9.17, 15) is 0 Å². The molecule has 0 bridgehead atoms. The number of hydrogen-bond donors (Lipinski definition) is 2. The number of nitrogens with one attached hydrogen (secondary N) is 1. The van der Waals surface area contributed by atoms with Gasteiger partial charge in [-0.2, -0.15) is 0 Å². The highest BCUT2D eigenvalue weighted by molar-refractivity contribution is 9.10. The number of hydrogen-bond acceptors (Lipinski definition) is 2. The normalized spacial score (nSPS) is 10.1. The summed E-state index contributed by atoms with van der Waals surface area (Å²) in [6.45, 7) is 0. The highest BCUT2D eigenvalue weighted by Crippen LogP contribution is 2.27. The second-order valence-electron chi connectivity index (χ2n) is 3.37. The fourth-order valence-corrected chi connectivity index (χ4v) is 1.91. The molecule has 0 fully saturated rings. The lowest BCUT2D eigenvalue weighted by Gasteiger charge is -2.09. The first kappa shape index (κ1) is 11.3. The van der Waals surface area contributed by atoms with Crippen molar-refractivity contribution < 1.29 is 0 Å². The van der Waals surface area contributed by atoms with Gasteiger partial charge in [0.1, 0.15) is 0 Å². The second kappa shape index (κ2) is 4.76. The van der Waals surface area contributed by atoms with Gasteiger partial charge in [0.05, 0.1) is 11.4 Å². The monoisotopic (exact) mass is 296 g/mol. The van der Waals surface area contributed by atoms with E-state index in [2.05, 4.69) is 21.2 Å². The lowest BCUT2D eigenvalue weighted by Crippen LogP contribution is -1.95. The number of rotatable bonds is 2. The minimum atomic E-state index is 0.693. The molecule has 0 saturated carbocycles. The summed E-state index contributed by atoms with van der Waals surface area (Å²) in [5, 5.41) is 3.91. The van der Waals surface area contributed by atoms with E-state index in [1.54, 1.807) is 0 Å². The number of nitrogens with two attached hydrogens (primary N) is 1. The quantitative estimate of drug-likeness (QED) is 0.805. The maximum atomic E-state index is 5.90. The lowest BCUT2D eigenvalue weighted by atomic mass is 10.2. The Morgan fingerprint density at radius 2 is 1.94 bits per heavy atom. The molecule has 0 aliphatic carbocycles. The molecule has 0 heterocycles. The van der Waals surface area contributed by atoms with E-state index in [-0.39, 0.29) is 0 Å². The fraction of sp³-hybridized carbons (Fsp3) is 0. The van der Waals surface area contributed by atoms with Crippen LogP contribution in [0.5, 0.6) is 0 Å². The average molecular weight is 298 g/mol. The molecule has 0 spiro atoms. The van der Waals surface area contributed by atoms with Gasteiger partial charge in [0, 0.05) is 15.2 Å². The van der Waals surface area contributed by atoms with Crippen molar-refractivity contribution in [1.82, 2.24) is 0 Å². The molecule has 2 rings (SSSR count). The zero-order valence-corrected chi connectivity index (χ0v) is 10.7. The van der Waals surface area contributed by atoms with Crippen LogP contribution < -0.4 is 11.1 Å². The molecule has 0 aliphatic rings. The van der Waals surface area contributed by atoms with Crippen LogP contribution in [0, 0.1) is 0 Å². The maximum Gasteiger partial charge on any atom is 0.0629 e. The molecule has 16 heavy (non-hydrogen) atoms. The Kier molecular flexibility index (Phi) is 3.36. The van der Waals surface area contributed by atoms with Gasteiger partial charge in [-0.1, -0.05) is 33.6 Å². The first-order valence-corrected chi connectivity index (χ1v) is 5.90. The molecule has 2 aromatic rings. The van der Waals surface area contributed by atoms with Gasteiger partial charge < -0.3 is 11.1 Å². The van der Waals surface area contributed by atoms with Gasteiger partial charge in [0.25, 0.3) is 0 Å². The predicted molar refractivity (Wildman–Crippen MR) is 73.3 cm³/mol. The summed E-state index contributed by atoms with van der Waals surface area (Å²) in [6, 6.07) is 13.2. The van der Waals surface area contributed by atoms with Crippen LogP contribution >= 0.6 is 27.5 Å². The van der Waals surface area contributed by atoms with E-state index in [4.69, 9.17) is 17.3 Å². The Balaban J connectivity index is 2.30. The van der Waals surface area contributed by atoms with Crippen LogP contribution in [-0.2, 0) is 0 Å². The SMILES string of the molecule is Nc1ccc(Br)cc1Nc1cccc(Cl)c1. The molecule has 0 aromatic heterocycles. The maximum absolute atomic E-state index is 5.90. The number of anilines is 3. The first-order chi connectivity index (χ1) is 7.65. The first-order valence-electron chi connectivity index (χ1n) is 4.73. The van der Waals surface area contributed by atoms with Crippen molar-refractivity contribution >= 4 is 44.6 Å². The molecule has 0 atom stereocenters. The van der Waals surface area contributed by atoms with Crippen LogP contribution in [0.2, 0.25) is 5.02 Å². The summed E-state index contributed by atoms with van der Waals surface area (Å²) >= 11 is 9.30. The molecular formula is C12H10BrClN2. The average Bonchev–Trinajstić information content (AvgIpc) is 2.24. The molecule has 0 amide bonds. The van der Waals surface area contributed by atoms with Gasteiger partial charge in [-0.25, -0.2) is 0 Å². The minimum Gasteiger partial charge on any atom is -0.397 e. The Labute approximate surface area is 108 Å². The number of benzene rings is 2. The molecule has 0 saturated heterocycles. The van der Waals surface area contributed by atoms with Gasteiger partial charge in [-0.05, 0) is 36.4 Å². The molecule has 0 unspecified atom stereocenters. The third kappa shape index (κ3) is 2.68. The molecule has 4 heteroatoms. The zero-order chi connectivity index (χ0) is 11.5. The zero-order valence-electron chi connectivity index (χ0n) is 8.37. The van der Waals surface area contributed by atoms with E-state index in [1.807, 2.05) is 42.5 Å². The van der Waals surface area contributed by atoms with Crippen LogP contribution in [0.15, 0.2) is 46.9 Å². The van der Waals surface area contributed by atoms with Gasteiger partial charge in [0.2, 0.25) is 0 Å². The molecule has 2 aromatic carbocycles. The van der Waals surface area contributed by atoms with Crippen molar-refractivity contribution in [2.24, 2.45) is 0 Å². The molecule has 2 nitrogen and oxygen atoms in total. The summed E-state index contributed by atoms with van der Waals surface area (Å²) in [5.74, 6) is 0. The third-order valence-electron chi connectivity index (χ3n) is 2.12. The molecule has 0 aliphatic heterocycles. The van der Waals surface area contributed by atoms with E-state index < -0.39 is 0 Å². The number of halogens is 2. The van der Waals surface area contributed by atoms with Crippen molar-refractivity contribution in [3.05, 3.63) is 52.0 Å². The Morgan fingerprint density at radius 3 is 2.69 bits per heavy atom. The van der Waals surface area contributed by atoms with Crippen LogP contribution in [0.25, 0.3) is 0 Å². The van der Waals surface area contributed by atoms with Crippen LogP contribution in [0.4, 0.5) is 17.1 Å². The van der Waals surface area contributed by atoms with Crippen molar-refractivity contribution in [1.29, 1.82) is 0 Å². The lowest BCUT2D eigenvalue weighted by molar-refractivity contribution is 1.53. The fourth-order valence-electron chi connectivity index (χ4n) is 1.36. The van der Waals surface area contributed by atoms with E-state index in [0.29, 0.717) is 10.7 Å². The summed E-state index contributed by atoms with van der Waals surface area (Å²) in [7, 11) is 0. The van der Waals surface area contributed by atoms with E-state index >= 15 is 0 Å². The predicted octanol–water partition coefficient (Wildman–Crippen LogP) is 4.43. The Hall–Kier alpha value is -1.19. The van der Waals surface area contributed by atoms with Gasteiger partial charge >= 0.3 is 0 Å². The molecular weight excluding hydrogens is 288 g/mol. The minimum absolute atomic E-state index is 0.693. The second-order valence-corrected chi connectivity index (χ2v) is 4.72. The van der Waals surface area contributed by atoms with Gasteiger partial charge in [-0.15, -0.1) is 0 Å². The van der Waals surface area contributed by atoms with Crippen molar-refractivity contribution in [2.45, 2.75) is 0 Å². The standard InChI is InChI=1S/C12H10BrClN2/c13-8-4-5-11(15)12(6-8)16-10-3-1-2-9(14)7-10/h1-7,16H,15H2. The summed E-state index contributed by atoms with van der Waals surface area (Å²) < 4.78 is 0.978. The van der Waals surface area contributed by atoms with Crippen LogP contribution in [0.1, 0.15) is 0 Å². The van der Waals surface area contributed by atoms with Crippen molar-refractivity contribution in [3.63, 3.8) is 0 Å². The van der Waals surface area contributed by atoms with Gasteiger partial charge in [0.15, 0.2) is 0 Å². The van der Waals surface area contributed by atoms with Gasteiger partial charge in [-0.3, -0.25) is 0 Å².